The van der Waals surface area contributed by atoms with Gasteiger partial charge in [-0.2, -0.15) is 0 Å². The summed E-state index contributed by atoms with van der Waals surface area (Å²) < 4.78 is 0. The van der Waals surface area contributed by atoms with Crippen molar-refractivity contribution in [1.82, 2.24) is 5.32 Å². The maximum atomic E-state index is 12.5. The van der Waals surface area contributed by atoms with Crippen molar-refractivity contribution >= 4 is 11.9 Å². The molecule has 0 aliphatic heterocycles. The lowest BCUT2D eigenvalue weighted by Gasteiger charge is -2.39. The number of hydrogen-bond acceptors (Lipinski definition) is 2. The van der Waals surface area contributed by atoms with Crippen LogP contribution in [0.15, 0.2) is 30.3 Å². The van der Waals surface area contributed by atoms with Crippen LogP contribution in [0.1, 0.15) is 37.7 Å². The van der Waals surface area contributed by atoms with E-state index in [9.17, 15) is 14.7 Å². The fourth-order valence-electron chi connectivity index (χ4n) is 2.79. The third-order valence-electron chi connectivity index (χ3n) is 4.48. The van der Waals surface area contributed by atoms with Crippen LogP contribution in [0.3, 0.4) is 0 Å². The molecule has 0 aromatic heterocycles. The lowest BCUT2D eigenvalue weighted by molar-refractivity contribution is -0.152. The van der Waals surface area contributed by atoms with Gasteiger partial charge in [-0.3, -0.25) is 4.79 Å². The molecule has 0 bridgehead atoms. The standard InChI is InChI=1S/C15H17NO3/c17-12(16-15(13(18)19)7-4-8-15)14(9-10-14)11-5-2-1-3-6-11/h1-3,5-6H,4,7-10H2,(H,16,17)(H,18,19). The number of amides is 1. The summed E-state index contributed by atoms with van der Waals surface area (Å²) in [5.41, 5.74) is -0.506. The van der Waals surface area contributed by atoms with Gasteiger partial charge in [0.15, 0.2) is 0 Å². The van der Waals surface area contributed by atoms with E-state index in [-0.39, 0.29) is 5.91 Å². The molecule has 3 rings (SSSR count). The topological polar surface area (TPSA) is 66.4 Å². The molecule has 0 heterocycles. The molecule has 0 unspecified atom stereocenters. The SMILES string of the molecule is O=C(O)C1(NC(=O)C2(c3ccccc3)CC2)CCC1. The largest absolute Gasteiger partial charge is 0.480 e. The summed E-state index contributed by atoms with van der Waals surface area (Å²) >= 11 is 0. The third-order valence-corrected chi connectivity index (χ3v) is 4.48. The summed E-state index contributed by atoms with van der Waals surface area (Å²) in [6.07, 6.45) is 3.56. The fourth-order valence-corrected chi connectivity index (χ4v) is 2.79. The lowest BCUT2D eigenvalue weighted by Crippen LogP contribution is -2.61. The van der Waals surface area contributed by atoms with Gasteiger partial charge in [-0.05, 0) is 37.7 Å². The number of benzene rings is 1. The Bertz CT molecular complexity index is 515. The number of carboxylic acids is 1. The van der Waals surface area contributed by atoms with Crippen LogP contribution in [-0.4, -0.2) is 22.5 Å². The number of carbonyl (C=O) groups is 2. The number of aliphatic carboxylic acids is 1. The second-order valence-corrected chi connectivity index (χ2v) is 5.64. The summed E-state index contributed by atoms with van der Waals surface area (Å²) in [4.78, 5) is 23.8. The van der Waals surface area contributed by atoms with Gasteiger partial charge < -0.3 is 10.4 Å². The highest BCUT2D eigenvalue weighted by molar-refractivity contribution is 5.95. The van der Waals surface area contributed by atoms with E-state index < -0.39 is 16.9 Å². The predicted octanol–water partition coefficient (Wildman–Crippen LogP) is 1.84. The Balaban J connectivity index is 1.80. The van der Waals surface area contributed by atoms with Gasteiger partial charge in [0.25, 0.3) is 0 Å². The molecule has 2 fully saturated rings. The average Bonchev–Trinajstić information content (AvgIpc) is 3.15. The van der Waals surface area contributed by atoms with Crippen LogP contribution in [0.4, 0.5) is 0 Å². The van der Waals surface area contributed by atoms with Gasteiger partial charge >= 0.3 is 5.97 Å². The molecule has 0 atom stereocenters. The quantitative estimate of drug-likeness (QED) is 0.867. The molecule has 100 valence electrons. The third kappa shape index (κ3) is 1.82. The minimum Gasteiger partial charge on any atom is -0.480 e. The minimum absolute atomic E-state index is 0.124. The second kappa shape index (κ2) is 4.08. The van der Waals surface area contributed by atoms with Crippen LogP contribution in [-0.2, 0) is 15.0 Å². The Labute approximate surface area is 111 Å². The molecular weight excluding hydrogens is 242 g/mol. The zero-order valence-electron chi connectivity index (χ0n) is 10.7. The van der Waals surface area contributed by atoms with Gasteiger partial charge in [-0.1, -0.05) is 30.3 Å². The van der Waals surface area contributed by atoms with E-state index in [1.54, 1.807) is 0 Å². The molecule has 2 aliphatic carbocycles. The predicted molar refractivity (Wildman–Crippen MR) is 69.7 cm³/mol. The van der Waals surface area contributed by atoms with E-state index >= 15 is 0 Å². The summed E-state index contributed by atoms with van der Waals surface area (Å²) in [5, 5.41) is 12.1. The maximum absolute atomic E-state index is 12.5. The molecule has 1 aromatic rings. The summed E-state index contributed by atoms with van der Waals surface area (Å²) in [5.74, 6) is -1.03. The van der Waals surface area contributed by atoms with Gasteiger partial charge in [0.1, 0.15) is 5.54 Å². The number of carbonyl (C=O) groups excluding carboxylic acids is 1. The smallest absolute Gasteiger partial charge is 0.329 e. The normalized spacial score (nSPS) is 22.1. The Morgan fingerprint density at radius 3 is 2.11 bits per heavy atom. The van der Waals surface area contributed by atoms with Crippen LogP contribution in [0, 0.1) is 0 Å². The molecule has 2 saturated carbocycles. The van der Waals surface area contributed by atoms with Crippen molar-refractivity contribution in [3.63, 3.8) is 0 Å². The van der Waals surface area contributed by atoms with E-state index in [1.807, 2.05) is 30.3 Å². The average molecular weight is 259 g/mol. The van der Waals surface area contributed by atoms with E-state index in [2.05, 4.69) is 5.32 Å². The fraction of sp³-hybridized carbons (Fsp3) is 0.467. The van der Waals surface area contributed by atoms with Gasteiger partial charge in [-0.15, -0.1) is 0 Å². The van der Waals surface area contributed by atoms with Crippen molar-refractivity contribution in [2.45, 2.75) is 43.1 Å². The van der Waals surface area contributed by atoms with Gasteiger partial charge in [0.05, 0.1) is 5.41 Å². The minimum atomic E-state index is -1.01. The first-order valence-electron chi connectivity index (χ1n) is 6.71. The zero-order valence-corrected chi connectivity index (χ0v) is 10.7. The maximum Gasteiger partial charge on any atom is 0.329 e. The highest BCUT2D eigenvalue weighted by Crippen LogP contribution is 2.49. The first-order valence-corrected chi connectivity index (χ1v) is 6.71. The van der Waals surface area contributed by atoms with Crippen molar-refractivity contribution < 1.29 is 14.7 Å². The Morgan fingerprint density at radius 1 is 1.05 bits per heavy atom. The molecule has 19 heavy (non-hydrogen) atoms. The highest BCUT2D eigenvalue weighted by Gasteiger charge is 2.55. The van der Waals surface area contributed by atoms with Crippen LogP contribution < -0.4 is 5.32 Å². The van der Waals surface area contributed by atoms with E-state index in [0.717, 1.165) is 24.8 Å². The molecule has 0 saturated heterocycles. The molecular formula is C15H17NO3. The highest BCUT2D eigenvalue weighted by atomic mass is 16.4. The molecule has 4 nitrogen and oxygen atoms in total. The van der Waals surface area contributed by atoms with Crippen molar-refractivity contribution in [1.29, 1.82) is 0 Å². The first kappa shape index (κ1) is 12.2. The van der Waals surface area contributed by atoms with Crippen molar-refractivity contribution in [2.24, 2.45) is 0 Å². The van der Waals surface area contributed by atoms with Crippen LogP contribution in [0.5, 0.6) is 0 Å². The zero-order chi connectivity index (χ0) is 13.5. The van der Waals surface area contributed by atoms with Crippen LogP contribution >= 0.6 is 0 Å². The van der Waals surface area contributed by atoms with Crippen LogP contribution in [0.2, 0.25) is 0 Å². The molecule has 1 aromatic carbocycles. The van der Waals surface area contributed by atoms with Crippen LogP contribution in [0.25, 0.3) is 0 Å². The second-order valence-electron chi connectivity index (χ2n) is 5.64. The van der Waals surface area contributed by atoms with E-state index in [4.69, 9.17) is 0 Å². The summed E-state index contributed by atoms with van der Waals surface area (Å²) in [6, 6.07) is 9.64. The Kier molecular flexibility index (Phi) is 2.62. The molecule has 0 radical (unpaired) electrons. The summed E-state index contributed by atoms with van der Waals surface area (Å²) in [6.45, 7) is 0. The number of hydrogen-bond donors (Lipinski definition) is 2. The van der Waals surface area contributed by atoms with Gasteiger partial charge in [0.2, 0.25) is 5.91 Å². The number of rotatable bonds is 4. The molecule has 2 aliphatic rings. The molecule has 2 N–H and O–H groups in total. The molecule has 4 heteroatoms. The van der Waals surface area contributed by atoms with Crippen molar-refractivity contribution in [3.8, 4) is 0 Å². The van der Waals surface area contributed by atoms with Crippen molar-refractivity contribution in [2.75, 3.05) is 0 Å². The van der Waals surface area contributed by atoms with E-state index in [0.29, 0.717) is 12.8 Å². The van der Waals surface area contributed by atoms with Gasteiger partial charge in [0, 0.05) is 0 Å². The Hall–Kier alpha value is -1.84. The number of nitrogens with one attached hydrogen (secondary N) is 1. The first-order chi connectivity index (χ1) is 9.09. The number of carboxylic acid groups (broad SMARTS) is 1. The van der Waals surface area contributed by atoms with Crippen molar-refractivity contribution in [3.05, 3.63) is 35.9 Å². The Morgan fingerprint density at radius 2 is 1.68 bits per heavy atom. The van der Waals surface area contributed by atoms with Gasteiger partial charge in [-0.25, -0.2) is 4.79 Å². The van der Waals surface area contributed by atoms with E-state index in [1.165, 1.54) is 0 Å². The monoisotopic (exact) mass is 259 g/mol. The summed E-state index contributed by atoms with van der Waals surface area (Å²) in [7, 11) is 0. The lowest BCUT2D eigenvalue weighted by atomic mass is 9.76. The molecule has 1 amide bonds. The molecule has 0 spiro atoms.